The molecule has 0 bridgehead atoms. The minimum Gasteiger partial charge on any atom is -0.456 e. The number of piperidine rings is 1. The second-order valence-corrected chi connectivity index (χ2v) is 7.75. The standard InChI is InChI=1S/C23H21N5O2/c24-27-26-20-7-8-28(14-21(20)29)13-15-5-6-17-11-25-12-19(18(17)9-15)23-10-16-3-1-2-4-22(16)30-23/h1-6,9-12,20-21,29H,7-8,13-14H2/t20-,21-/m0/s1. The lowest BCUT2D eigenvalue weighted by Crippen LogP contribution is -2.45. The average Bonchev–Trinajstić information content (AvgIpc) is 3.19. The molecule has 3 heterocycles. The lowest BCUT2D eigenvalue weighted by atomic mass is 10.00. The molecule has 2 atom stereocenters. The number of hydrogen-bond donors (Lipinski definition) is 1. The molecule has 7 nitrogen and oxygen atoms in total. The molecule has 30 heavy (non-hydrogen) atoms. The summed E-state index contributed by atoms with van der Waals surface area (Å²) in [6, 6.07) is 16.0. The lowest BCUT2D eigenvalue weighted by Gasteiger charge is -2.33. The van der Waals surface area contributed by atoms with Gasteiger partial charge >= 0.3 is 0 Å². The third-order valence-electron chi connectivity index (χ3n) is 5.75. The number of benzene rings is 2. The molecule has 0 aliphatic carbocycles. The number of aliphatic hydroxyl groups excluding tert-OH is 1. The van der Waals surface area contributed by atoms with Crippen molar-refractivity contribution in [2.75, 3.05) is 13.1 Å². The number of furan rings is 1. The first-order chi connectivity index (χ1) is 14.7. The Morgan fingerprint density at radius 3 is 2.90 bits per heavy atom. The van der Waals surface area contributed by atoms with E-state index in [1.165, 1.54) is 0 Å². The molecule has 0 saturated carbocycles. The molecule has 1 aliphatic heterocycles. The number of hydrogen-bond acceptors (Lipinski definition) is 5. The monoisotopic (exact) mass is 399 g/mol. The van der Waals surface area contributed by atoms with Crippen molar-refractivity contribution in [2.24, 2.45) is 5.11 Å². The number of β-amino-alcohol motifs (C(OH)–C–C–N with tert-alkyl or cyclic N) is 1. The van der Waals surface area contributed by atoms with E-state index in [1.807, 2.05) is 36.7 Å². The van der Waals surface area contributed by atoms with Gasteiger partial charge in [-0.05, 0) is 47.6 Å². The maximum absolute atomic E-state index is 10.3. The summed E-state index contributed by atoms with van der Waals surface area (Å²) >= 11 is 0. The molecular formula is C23H21N5O2. The van der Waals surface area contributed by atoms with Crippen LogP contribution in [0.25, 0.3) is 43.5 Å². The normalized spacial score (nSPS) is 19.8. The predicted molar refractivity (Wildman–Crippen MR) is 116 cm³/mol. The summed E-state index contributed by atoms with van der Waals surface area (Å²) in [6.45, 7) is 2.00. The molecule has 0 spiro atoms. The van der Waals surface area contributed by atoms with Gasteiger partial charge in [0.1, 0.15) is 11.3 Å². The van der Waals surface area contributed by atoms with Gasteiger partial charge in [-0.2, -0.15) is 0 Å². The maximum Gasteiger partial charge on any atom is 0.137 e. The highest BCUT2D eigenvalue weighted by molar-refractivity contribution is 5.97. The molecular weight excluding hydrogens is 378 g/mol. The first-order valence-electron chi connectivity index (χ1n) is 10.0. The van der Waals surface area contributed by atoms with Crippen molar-refractivity contribution >= 4 is 21.7 Å². The second kappa shape index (κ2) is 7.80. The summed E-state index contributed by atoms with van der Waals surface area (Å²) in [5.74, 6) is 0.803. The molecule has 1 saturated heterocycles. The number of fused-ring (bicyclic) bond motifs is 2. The van der Waals surface area contributed by atoms with Gasteiger partial charge < -0.3 is 9.52 Å². The van der Waals surface area contributed by atoms with Crippen molar-refractivity contribution in [2.45, 2.75) is 25.1 Å². The van der Waals surface area contributed by atoms with Gasteiger partial charge in [0.15, 0.2) is 0 Å². The summed E-state index contributed by atoms with van der Waals surface area (Å²) in [4.78, 5) is 9.43. The minimum atomic E-state index is -0.634. The minimum absolute atomic E-state index is 0.339. The Balaban J connectivity index is 1.45. The summed E-state index contributed by atoms with van der Waals surface area (Å²) in [6.07, 6.45) is 3.73. The van der Waals surface area contributed by atoms with Crippen LogP contribution in [0.2, 0.25) is 0 Å². The maximum atomic E-state index is 10.3. The highest BCUT2D eigenvalue weighted by atomic mass is 16.3. The van der Waals surface area contributed by atoms with Crippen molar-refractivity contribution in [3.63, 3.8) is 0 Å². The van der Waals surface area contributed by atoms with Crippen molar-refractivity contribution in [3.8, 4) is 11.3 Å². The highest BCUT2D eigenvalue weighted by Crippen LogP contribution is 2.33. The molecule has 2 aromatic heterocycles. The molecule has 0 radical (unpaired) electrons. The summed E-state index contributed by atoms with van der Waals surface area (Å²) in [5.41, 5.74) is 11.6. The number of rotatable bonds is 4. The molecule has 7 heteroatoms. The van der Waals surface area contributed by atoms with E-state index in [1.54, 1.807) is 0 Å². The summed E-state index contributed by atoms with van der Waals surface area (Å²) in [5, 5.41) is 17.2. The Kier molecular flexibility index (Phi) is 4.85. The number of para-hydroxylation sites is 1. The highest BCUT2D eigenvalue weighted by Gasteiger charge is 2.26. The largest absolute Gasteiger partial charge is 0.456 e. The fraction of sp³-hybridized carbons (Fsp3) is 0.261. The first kappa shape index (κ1) is 18.6. The van der Waals surface area contributed by atoms with E-state index < -0.39 is 6.10 Å². The predicted octanol–water partition coefficient (Wildman–Crippen LogP) is 4.89. The van der Waals surface area contributed by atoms with Crippen LogP contribution in [-0.4, -0.2) is 40.2 Å². The van der Waals surface area contributed by atoms with Crippen LogP contribution in [0, 0.1) is 0 Å². The van der Waals surface area contributed by atoms with Gasteiger partial charge in [-0.1, -0.05) is 35.4 Å². The van der Waals surface area contributed by atoms with Crippen LogP contribution in [0.15, 0.2) is 70.5 Å². The van der Waals surface area contributed by atoms with Crippen LogP contribution in [0.4, 0.5) is 0 Å². The molecule has 1 N–H and O–H groups in total. The number of pyridine rings is 1. The molecule has 4 aromatic rings. The van der Waals surface area contributed by atoms with E-state index in [0.29, 0.717) is 13.0 Å². The smallest absolute Gasteiger partial charge is 0.137 e. The molecule has 1 fully saturated rings. The van der Waals surface area contributed by atoms with Crippen LogP contribution >= 0.6 is 0 Å². The van der Waals surface area contributed by atoms with Crippen molar-refractivity contribution in [3.05, 3.63) is 76.9 Å². The SMILES string of the molecule is [N-]=[N+]=N[C@H]1CCN(Cc2ccc3cncc(-c4cc5ccccc5o4)c3c2)C[C@@H]1O. The molecule has 150 valence electrons. The van der Waals surface area contributed by atoms with Crippen LogP contribution in [-0.2, 0) is 6.54 Å². The van der Waals surface area contributed by atoms with Gasteiger partial charge in [0.2, 0.25) is 0 Å². The van der Waals surface area contributed by atoms with Gasteiger partial charge in [0.05, 0.1) is 12.1 Å². The zero-order valence-corrected chi connectivity index (χ0v) is 16.3. The number of aromatic nitrogens is 1. The summed E-state index contributed by atoms with van der Waals surface area (Å²) < 4.78 is 6.08. The number of azide groups is 1. The van der Waals surface area contributed by atoms with Crippen LogP contribution < -0.4 is 0 Å². The third kappa shape index (κ3) is 3.50. The number of aliphatic hydroxyl groups is 1. The Labute approximate surface area is 173 Å². The van der Waals surface area contributed by atoms with E-state index in [-0.39, 0.29) is 6.04 Å². The van der Waals surface area contributed by atoms with Gasteiger partial charge in [-0.3, -0.25) is 9.88 Å². The first-order valence-corrected chi connectivity index (χ1v) is 10.0. The molecule has 0 unspecified atom stereocenters. The van der Waals surface area contributed by atoms with Crippen molar-refractivity contribution < 1.29 is 9.52 Å². The Bertz CT molecular complexity index is 1230. The van der Waals surface area contributed by atoms with Crippen molar-refractivity contribution in [1.82, 2.24) is 9.88 Å². The van der Waals surface area contributed by atoms with Crippen LogP contribution in [0.3, 0.4) is 0 Å². The zero-order valence-electron chi connectivity index (χ0n) is 16.3. The number of likely N-dealkylation sites (tertiary alicyclic amines) is 1. The van der Waals surface area contributed by atoms with E-state index in [2.05, 4.69) is 44.2 Å². The molecule has 0 amide bonds. The van der Waals surface area contributed by atoms with Crippen LogP contribution in [0.1, 0.15) is 12.0 Å². The van der Waals surface area contributed by atoms with E-state index in [9.17, 15) is 5.11 Å². The second-order valence-electron chi connectivity index (χ2n) is 7.75. The van der Waals surface area contributed by atoms with E-state index in [0.717, 1.165) is 51.7 Å². The molecule has 5 rings (SSSR count). The Morgan fingerprint density at radius 1 is 1.17 bits per heavy atom. The third-order valence-corrected chi connectivity index (χ3v) is 5.75. The Hall–Kier alpha value is -3.38. The van der Waals surface area contributed by atoms with Crippen LogP contribution in [0.5, 0.6) is 0 Å². The quantitative estimate of drug-likeness (QED) is 0.300. The summed E-state index contributed by atoms with van der Waals surface area (Å²) in [7, 11) is 0. The lowest BCUT2D eigenvalue weighted by molar-refractivity contribution is 0.0501. The van der Waals surface area contributed by atoms with Gasteiger partial charge in [0.25, 0.3) is 0 Å². The van der Waals surface area contributed by atoms with Gasteiger partial charge in [-0.25, -0.2) is 0 Å². The fourth-order valence-electron chi connectivity index (χ4n) is 4.21. The fourth-order valence-corrected chi connectivity index (χ4v) is 4.21. The van der Waals surface area contributed by atoms with E-state index in [4.69, 9.17) is 9.95 Å². The van der Waals surface area contributed by atoms with Gasteiger partial charge in [0, 0.05) is 46.7 Å². The molecule has 1 aliphatic rings. The van der Waals surface area contributed by atoms with Gasteiger partial charge in [-0.15, -0.1) is 0 Å². The topological polar surface area (TPSA) is 98.3 Å². The van der Waals surface area contributed by atoms with Crippen molar-refractivity contribution in [1.29, 1.82) is 0 Å². The number of nitrogens with zero attached hydrogens (tertiary/aromatic N) is 5. The molecule has 2 aromatic carbocycles. The zero-order chi connectivity index (χ0) is 20.5. The average molecular weight is 399 g/mol. The van der Waals surface area contributed by atoms with E-state index >= 15 is 0 Å². The Morgan fingerprint density at radius 2 is 2.07 bits per heavy atom.